The SMILES string of the molecule is N#Cc1ccc(C(=O)C2=NC(c3ccccc3)(c3ccccc3)c3c(C#N)cccc32)cc1. The summed E-state index contributed by atoms with van der Waals surface area (Å²) in [5.41, 5.74) is 3.80. The van der Waals surface area contributed by atoms with Crippen LogP contribution in [-0.2, 0) is 5.54 Å². The van der Waals surface area contributed by atoms with Gasteiger partial charge in [-0.1, -0.05) is 72.8 Å². The Bertz CT molecular complexity index is 1430. The summed E-state index contributed by atoms with van der Waals surface area (Å²) in [7, 11) is 0. The molecule has 4 aromatic carbocycles. The summed E-state index contributed by atoms with van der Waals surface area (Å²) in [5.74, 6) is -0.246. The van der Waals surface area contributed by atoms with Crippen molar-refractivity contribution in [3.05, 3.63) is 142 Å². The van der Waals surface area contributed by atoms with Crippen LogP contribution in [0.15, 0.2) is 108 Å². The number of hydrogen-bond donors (Lipinski definition) is 0. The normalized spacial score (nSPS) is 13.3. The molecule has 154 valence electrons. The zero-order valence-electron chi connectivity index (χ0n) is 17.6. The van der Waals surface area contributed by atoms with Crippen LogP contribution in [-0.4, -0.2) is 11.5 Å². The second-order valence-corrected chi connectivity index (χ2v) is 7.76. The Morgan fingerprint density at radius 2 is 1.30 bits per heavy atom. The molecule has 0 atom stereocenters. The molecule has 0 bridgehead atoms. The second kappa shape index (κ2) is 8.04. The molecule has 1 heterocycles. The fourth-order valence-corrected chi connectivity index (χ4v) is 4.47. The molecule has 0 saturated heterocycles. The summed E-state index contributed by atoms with van der Waals surface area (Å²) in [5, 5.41) is 19.1. The zero-order chi connectivity index (χ0) is 22.8. The van der Waals surface area contributed by atoms with Gasteiger partial charge >= 0.3 is 0 Å². The van der Waals surface area contributed by atoms with Crippen LogP contribution in [0, 0.1) is 22.7 Å². The molecule has 0 aliphatic carbocycles. The van der Waals surface area contributed by atoms with Crippen LogP contribution in [0.4, 0.5) is 0 Å². The van der Waals surface area contributed by atoms with Crippen molar-refractivity contribution < 1.29 is 4.79 Å². The van der Waals surface area contributed by atoms with E-state index < -0.39 is 5.54 Å². The maximum atomic E-state index is 13.7. The van der Waals surface area contributed by atoms with E-state index in [-0.39, 0.29) is 5.78 Å². The maximum Gasteiger partial charge on any atom is 0.211 e. The van der Waals surface area contributed by atoms with Crippen molar-refractivity contribution in [2.75, 3.05) is 0 Å². The van der Waals surface area contributed by atoms with Crippen molar-refractivity contribution in [1.82, 2.24) is 0 Å². The number of nitriles is 2. The number of aliphatic imine (C=N–C) groups is 1. The molecule has 4 heteroatoms. The Morgan fingerprint density at radius 3 is 1.85 bits per heavy atom. The zero-order valence-corrected chi connectivity index (χ0v) is 17.6. The number of nitrogens with zero attached hydrogens (tertiary/aromatic N) is 3. The minimum Gasteiger partial charge on any atom is -0.287 e. The van der Waals surface area contributed by atoms with Crippen molar-refractivity contribution >= 4 is 11.5 Å². The summed E-state index contributed by atoms with van der Waals surface area (Å²) in [4.78, 5) is 18.8. The molecule has 0 unspecified atom stereocenters. The molecule has 33 heavy (non-hydrogen) atoms. The van der Waals surface area contributed by atoms with Gasteiger partial charge in [0.2, 0.25) is 5.78 Å². The van der Waals surface area contributed by atoms with Gasteiger partial charge in [-0.05, 0) is 41.5 Å². The van der Waals surface area contributed by atoms with Crippen LogP contribution in [0.1, 0.15) is 43.7 Å². The highest BCUT2D eigenvalue weighted by molar-refractivity contribution is 6.52. The molecule has 4 nitrogen and oxygen atoms in total. The van der Waals surface area contributed by atoms with Gasteiger partial charge in [0.1, 0.15) is 11.3 Å². The lowest BCUT2D eigenvalue weighted by molar-refractivity contribution is 0.106. The Morgan fingerprint density at radius 1 is 0.697 bits per heavy atom. The highest BCUT2D eigenvalue weighted by Crippen LogP contribution is 2.48. The van der Waals surface area contributed by atoms with E-state index >= 15 is 0 Å². The average Bonchev–Trinajstić information content (AvgIpc) is 3.26. The molecular formula is C29H17N3O. The van der Waals surface area contributed by atoms with Gasteiger partial charge in [-0.2, -0.15) is 10.5 Å². The van der Waals surface area contributed by atoms with E-state index in [0.717, 1.165) is 11.1 Å². The Labute approximate surface area is 191 Å². The van der Waals surface area contributed by atoms with Gasteiger partial charge in [0, 0.05) is 16.7 Å². The summed E-state index contributed by atoms with van der Waals surface area (Å²) < 4.78 is 0. The van der Waals surface area contributed by atoms with Crippen LogP contribution in [0.5, 0.6) is 0 Å². The first-order chi connectivity index (χ1) is 16.2. The molecule has 0 amide bonds. The van der Waals surface area contributed by atoms with E-state index in [2.05, 4.69) is 12.1 Å². The van der Waals surface area contributed by atoms with E-state index in [1.165, 1.54) is 0 Å². The highest BCUT2D eigenvalue weighted by Gasteiger charge is 2.46. The molecular weight excluding hydrogens is 406 g/mol. The number of carbonyl (C=O) groups is 1. The van der Waals surface area contributed by atoms with Gasteiger partial charge in [0.25, 0.3) is 0 Å². The van der Waals surface area contributed by atoms with Crippen LogP contribution in [0.25, 0.3) is 0 Å². The molecule has 1 aliphatic rings. The first kappa shape index (κ1) is 20.1. The third-order valence-electron chi connectivity index (χ3n) is 5.96. The molecule has 4 aromatic rings. The Balaban J connectivity index is 1.83. The number of ketones is 1. The van der Waals surface area contributed by atoms with E-state index in [0.29, 0.717) is 33.5 Å². The van der Waals surface area contributed by atoms with Crippen molar-refractivity contribution in [2.45, 2.75) is 5.54 Å². The van der Waals surface area contributed by atoms with Crippen LogP contribution in [0.3, 0.4) is 0 Å². The van der Waals surface area contributed by atoms with E-state index in [1.807, 2.05) is 66.7 Å². The van der Waals surface area contributed by atoms with Crippen LogP contribution >= 0.6 is 0 Å². The topological polar surface area (TPSA) is 77.0 Å². The van der Waals surface area contributed by atoms with E-state index in [9.17, 15) is 10.1 Å². The first-order valence-corrected chi connectivity index (χ1v) is 10.5. The highest BCUT2D eigenvalue weighted by atomic mass is 16.1. The fourth-order valence-electron chi connectivity index (χ4n) is 4.47. The molecule has 1 aliphatic heterocycles. The maximum absolute atomic E-state index is 13.7. The first-order valence-electron chi connectivity index (χ1n) is 10.5. The standard InChI is InChI=1S/C29H17N3O/c30-18-20-14-16-21(17-15-20)28(33)27-25-13-7-8-22(19-31)26(25)29(32-27,23-9-3-1-4-10-23)24-11-5-2-6-12-24/h1-17H. The molecule has 0 saturated carbocycles. The molecule has 5 rings (SSSR count). The number of fused-ring (bicyclic) bond motifs is 1. The smallest absolute Gasteiger partial charge is 0.211 e. The molecule has 0 spiro atoms. The minimum absolute atomic E-state index is 0.246. The van der Waals surface area contributed by atoms with Crippen LogP contribution < -0.4 is 0 Å². The minimum atomic E-state index is -1.03. The largest absolute Gasteiger partial charge is 0.287 e. The molecule has 0 radical (unpaired) electrons. The van der Waals surface area contributed by atoms with Crippen molar-refractivity contribution in [3.8, 4) is 12.1 Å². The Kier molecular flexibility index (Phi) is 4.90. The number of carbonyl (C=O) groups excluding carboxylic acids is 1. The van der Waals surface area contributed by atoms with Gasteiger partial charge in [-0.15, -0.1) is 0 Å². The monoisotopic (exact) mass is 423 g/mol. The second-order valence-electron chi connectivity index (χ2n) is 7.76. The molecule has 0 fully saturated rings. The lowest BCUT2D eigenvalue weighted by Gasteiger charge is -2.30. The number of hydrogen-bond acceptors (Lipinski definition) is 4. The third kappa shape index (κ3) is 3.14. The summed E-state index contributed by atoms with van der Waals surface area (Å²) in [6.07, 6.45) is 0. The molecule has 0 N–H and O–H groups in total. The van der Waals surface area contributed by atoms with E-state index in [1.54, 1.807) is 36.4 Å². The van der Waals surface area contributed by atoms with Gasteiger partial charge in [-0.25, -0.2) is 0 Å². The van der Waals surface area contributed by atoms with Gasteiger partial charge in [0.05, 0.1) is 23.3 Å². The van der Waals surface area contributed by atoms with Gasteiger partial charge in [-0.3, -0.25) is 9.79 Å². The lowest BCUT2D eigenvalue weighted by atomic mass is 9.75. The Hall–Kier alpha value is -4.80. The lowest BCUT2D eigenvalue weighted by Crippen LogP contribution is -2.26. The number of benzene rings is 4. The van der Waals surface area contributed by atoms with Gasteiger partial charge < -0.3 is 0 Å². The van der Waals surface area contributed by atoms with Gasteiger partial charge in [0.15, 0.2) is 0 Å². The fraction of sp³-hybridized carbons (Fsp3) is 0.0345. The van der Waals surface area contributed by atoms with E-state index in [4.69, 9.17) is 10.3 Å². The van der Waals surface area contributed by atoms with Crippen molar-refractivity contribution in [1.29, 1.82) is 10.5 Å². The van der Waals surface area contributed by atoms with Crippen LogP contribution in [0.2, 0.25) is 0 Å². The summed E-state index contributed by atoms with van der Waals surface area (Å²) in [6, 6.07) is 35.8. The molecule has 0 aromatic heterocycles. The predicted molar refractivity (Wildman–Crippen MR) is 126 cm³/mol. The summed E-state index contributed by atoms with van der Waals surface area (Å²) in [6.45, 7) is 0. The summed E-state index contributed by atoms with van der Waals surface area (Å²) >= 11 is 0. The quantitative estimate of drug-likeness (QED) is 0.412. The third-order valence-corrected chi connectivity index (χ3v) is 5.96. The average molecular weight is 423 g/mol. The number of rotatable bonds is 4. The van der Waals surface area contributed by atoms with Crippen molar-refractivity contribution in [2.24, 2.45) is 4.99 Å². The predicted octanol–water partition coefficient (Wildman–Crippen LogP) is 5.41. The van der Waals surface area contributed by atoms with Crippen molar-refractivity contribution in [3.63, 3.8) is 0 Å². The number of Topliss-reactive ketones (excluding diaryl/α,β-unsaturated/α-hetero) is 1.